The first-order chi connectivity index (χ1) is 6.78. The first-order valence-electron chi connectivity index (χ1n) is 4.62. The molecule has 2 rings (SSSR count). The zero-order valence-electron chi connectivity index (χ0n) is 7.95. The van der Waals surface area contributed by atoms with Gasteiger partial charge in [-0.05, 0) is 0 Å². The van der Waals surface area contributed by atoms with E-state index in [1.807, 2.05) is 6.92 Å². The summed E-state index contributed by atoms with van der Waals surface area (Å²) in [6.07, 6.45) is 0.738. The Morgan fingerprint density at radius 3 is 3.07 bits per heavy atom. The second-order valence-electron chi connectivity index (χ2n) is 3.16. The van der Waals surface area contributed by atoms with E-state index in [0.29, 0.717) is 31.3 Å². The number of hydrogen-bond acceptors (Lipinski definition) is 4. The standard InChI is InChI=1S/C9H12N2O3/c1-2-7-10-8(12)3-9(11-7)14-6-4-13-5-6/h3,6H,2,4-5H2,1H3,(H,10,11,12). The van der Waals surface area contributed by atoms with Gasteiger partial charge in [0.05, 0.1) is 19.3 Å². The Morgan fingerprint density at radius 1 is 1.71 bits per heavy atom. The van der Waals surface area contributed by atoms with Gasteiger partial charge in [0.15, 0.2) is 0 Å². The van der Waals surface area contributed by atoms with E-state index in [0.717, 1.165) is 0 Å². The lowest BCUT2D eigenvalue weighted by atomic mass is 10.3. The van der Waals surface area contributed by atoms with Crippen molar-refractivity contribution in [3.63, 3.8) is 0 Å². The summed E-state index contributed by atoms with van der Waals surface area (Å²) in [4.78, 5) is 17.9. The Morgan fingerprint density at radius 2 is 2.50 bits per heavy atom. The molecule has 1 fully saturated rings. The van der Waals surface area contributed by atoms with Crippen LogP contribution in [0.3, 0.4) is 0 Å². The minimum absolute atomic E-state index is 0.0500. The fraction of sp³-hybridized carbons (Fsp3) is 0.556. The molecule has 1 N–H and O–H groups in total. The number of nitrogens with zero attached hydrogens (tertiary/aromatic N) is 1. The lowest BCUT2D eigenvalue weighted by molar-refractivity contribution is -0.0814. The van der Waals surface area contributed by atoms with E-state index in [4.69, 9.17) is 9.47 Å². The van der Waals surface area contributed by atoms with Gasteiger partial charge >= 0.3 is 0 Å². The lowest BCUT2D eigenvalue weighted by Gasteiger charge is -2.25. The maximum atomic E-state index is 11.2. The molecule has 0 radical (unpaired) electrons. The Labute approximate surface area is 81.1 Å². The van der Waals surface area contributed by atoms with Gasteiger partial charge in [0.25, 0.3) is 5.56 Å². The summed E-state index contributed by atoms with van der Waals surface area (Å²) in [5.74, 6) is 1.03. The van der Waals surface area contributed by atoms with E-state index in [-0.39, 0.29) is 11.7 Å². The maximum absolute atomic E-state index is 11.2. The molecule has 2 heterocycles. The van der Waals surface area contributed by atoms with Gasteiger partial charge in [-0.3, -0.25) is 4.79 Å². The fourth-order valence-electron chi connectivity index (χ4n) is 1.16. The van der Waals surface area contributed by atoms with Gasteiger partial charge in [-0.2, -0.15) is 0 Å². The van der Waals surface area contributed by atoms with Crippen molar-refractivity contribution in [2.24, 2.45) is 0 Å². The van der Waals surface area contributed by atoms with Gasteiger partial charge < -0.3 is 14.5 Å². The van der Waals surface area contributed by atoms with Crippen LogP contribution in [0.5, 0.6) is 5.88 Å². The molecule has 1 saturated heterocycles. The van der Waals surface area contributed by atoms with Crippen LogP contribution in [0.4, 0.5) is 0 Å². The Kier molecular flexibility index (Phi) is 2.49. The molecule has 0 aromatic carbocycles. The minimum Gasteiger partial charge on any atom is -0.469 e. The van der Waals surface area contributed by atoms with E-state index in [1.165, 1.54) is 6.07 Å². The van der Waals surface area contributed by atoms with Crippen LogP contribution in [0.2, 0.25) is 0 Å². The highest BCUT2D eigenvalue weighted by Crippen LogP contribution is 2.11. The number of aromatic nitrogens is 2. The molecule has 76 valence electrons. The number of aryl methyl sites for hydroxylation is 1. The lowest BCUT2D eigenvalue weighted by Crippen LogP contribution is -2.39. The summed E-state index contributed by atoms with van der Waals surface area (Å²) in [7, 11) is 0. The van der Waals surface area contributed by atoms with Crippen LogP contribution in [-0.4, -0.2) is 29.3 Å². The van der Waals surface area contributed by atoms with E-state index >= 15 is 0 Å². The zero-order valence-corrected chi connectivity index (χ0v) is 7.95. The van der Waals surface area contributed by atoms with Crippen LogP contribution >= 0.6 is 0 Å². The van der Waals surface area contributed by atoms with Crippen molar-refractivity contribution < 1.29 is 9.47 Å². The second-order valence-corrected chi connectivity index (χ2v) is 3.16. The summed E-state index contributed by atoms with van der Waals surface area (Å²) in [5, 5.41) is 0. The molecule has 5 heteroatoms. The van der Waals surface area contributed by atoms with Gasteiger partial charge in [0, 0.05) is 6.42 Å². The number of ether oxygens (including phenoxy) is 2. The average Bonchev–Trinajstić information content (AvgIpc) is 2.10. The molecular formula is C9H12N2O3. The normalized spacial score (nSPS) is 16.4. The average molecular weight is 196 g/mol. The van der Waals surface area contributed by atoms with Crippen LogP contribution < -0.4 is 10.3 Å². The summed E-state index contributed by atoms with van der Waals surface area (Å²) >= 11 is 0. The highest BCUT2D eigenvalue weighted by molar-refractivity contribution is 5.09. The smallest absolute Gasteiger partial charge is 0.254 e. The largest absolute Gasteiger partial charge is 0.469 e. The van der Waals surface area contributed by atoms with Gasteiger partial charge in [0.2, 0.25) is 5.88 Å². The molecule has 0 saturated carbocycles. The highest BCUT2D eigenvalue weighted by atomic mass is 16.6. The molecule has 1 aromatic rings. The van der Waals surface area contributed by atoms with Crippen LogP contribution in [0.15, 0.2) is 10.9 Å². The maximum Gasteiger partial charge on any atom is 0.254 e. The van der Waals surface area contributed by atoms with Crippen molar-refractivity contribution in [3.8, 4) is 5.88 Å². The minimum atomic E-state index is -0.174. The number of hydrogen-bond donors (Lipinski definition) is 1. The monoisotopic (exact) mass is 196 g/mol. The van der Waals surface area contributed by atoms with Gasteiger partial charge in [0.1, 0.15) is 11.9 Å². The molecule has 5 nitrogen and oxygen atoms in total. The predicted molar refractivity (Wildman–Crippen MR) is 49.5 cm³/mol. The van der Waals surface area contributed by atoms with Gasteiger partial charge in [-0.15, -0.1) is 0 Å². The fourth-order valence-corrected chi connectivity index (χ4v) is 1.16. The highest BCUT2D eigenvalue weighted by Gasteiger charge is 2.20. The van der Waals surface area contributed by atoms with Gasteiger partial charge in [-0.25, -0.2) is 4.98 Å². The van der Waals surface area contributed by atoms with E-state index < -0.39 is 0 Å². The Bertz CT molecular complexity index is 371. The SMILES string of the molecule is CCc1nc(OC2COC2)cc(=O)[nH]1. The molecule has 1 aromatic heterocycles. The molecule has 0 atom stereocenters. The number of aromatic amines is 1. The van der Waals surface area contributed by atoms with Crippen molar-refractivity contribution in [1.82, 2.24) is 9.97 Å². The van der Waals surface area contributed by atoms with Crippen LogP contribution in [-0.2, 0) is 11.2 Å². The Hall–Kier alpha value is -1.36. The third-order valence-electron chi connectivity index (χ3n) is 2.00. The van der Waals surface area contributed by atoms with Crippen molar-refractivity contribution in [2.45, 2.75) is 19.4 Å². The molecule has 0 amide bonds. The third kappa shape index (κ3) is 1.93. The summed E-state index contributed by atoms with van der Waals surface area (Å²) < 4.78 is 10.4. The topological polar surface area (TPSA) is 64.2 Å². The van der Waals surface area contributed by atoms with Gasteiger partial charge in [-0.1, -0.05) is 6.92 Å². The van der Waals surface area contributed by atoms with Crippen LogP contribution in [0.25, 0.3) is 0 Å². The molecule has 0 spiro atoms. The number of nitrogens with one attached hydrogen (secondary N) is 1. The van der Waals surface area contributed by atoms with E-state index in [9.17, 15) is 4.79 Å². The van der Waals surface area contributed by atoms with Crippen LogP contribution in [0.1, 0.15) is 12.7 Å². The number of H-pyrrole nitrogens is 1. The van der Waals surface area contributed by atoms with Crippen molar-refractivity contribution in [3.05, 3.63) is 22.2 Å². The predicted octanol–water partition coefficient (Wildman–Crippen LogP) is 0.110. The van der Waals surface area contributed by atoms with E-state index in [2.05, 4.69) is 9.97 Å². The quantitative estimate of drug-likeness (QED) is 0.745. The summed E-state index contributed by atoms with van der Waals surface area (Å²) in [5.41, 5.74) is -0.174. The molecule has 14 heavy (non-hydrogen) atoms. The molecular weight excluding hydrogens is 184 g/mol. The van der Waals surface area contributed by atoms with E-state index in [1.54, 1.807) is 0 Å². The summed E-state index contributed by atoms with van der Waals surface area (Å²) in [6.45, 7) is 3.08. The zero-order chi connectivity index (χ0) is 9.97. The van der Waals surface area contributed by atoms with Crippen molar-refractivity contribution >= 4 is 0 Å². The first kappa shape index (κ1) is 9.21. The molecule has 0 bridgehead atoms. The molecule has 0 aliphatic carbocycles. The number of rotatable bonds is 3. The third-order valence-corrected chi connectivity index (χ3v) is 2.00. The molecule has 0 unspecified atom stereocenters. The second kappa shape index (κ2) is 3.79. The van der Waals surface area contributed by atoms with Crippen LogP contribution in [0, 0.1) is 0 Å². The molecule has 1 aliphatic heterocycles. The Balaban J connectivity index is 2.15. The molecule has 1 aliphatic rings. The van der Waals surface area contributed by atoms with Crippen molar-refractivity contribution in [1.29, 1.82) is 0 Å². The van der Waals surface area contributed by atoms with Crippen molar-refractivity contribution in [2.75, 3.05) is 13.2 Å². The first-order valence-corrected chi connectivity index (χ1v) is 4.62. The summed E-state index contributed by atoms with van der Waals surface area (Å²) in [6, 6.07) is 1.36.